The van der Waals surface area contributed by atoms with Gasteiger partial charge < -0.3 is 9.67 Å². The molecule has 9 heteroatoms. The van der Waals surface area contributed by atoms with Crippen LogP contribution in [0.15, 0.2) is 53.7 Å². The van der Waals surface area contributed by atoms with Gasteiger partial charge >= 0.3 is 0 Å². The molecule has 31 heavy (non-hydrogen) atoms. The Morgan fingerprint density at radius 1 is 1.13 bits per heavy atom. The SMILES string of the molecule is O=C1CCC(n2cc3cc(Cn4cnc5ccc(Cl)cc5c4=O)ccc3c2O)C(=O)N1. The lowest BCUT2D eigenvalue weighted by Crippen LogP contribution is -2.41. The standard InChI is InChI=1S/C22H17ClN4O4/c23-14-2-4-17-16(8-14)21(30)26(11-24-17)9-12-1-3-15-13(7-12)10-27(22(15)31)18-5-6-19(28)25-20(18)29/h1-4,7-8,10-11,18,31H,5-6,9H2,(H,25,28,29). The number of fused-ring (bicyclic) bond motifs is 2. The van der Waals surface area contributed by atoms with Crippen LogP contribution in [-0.2, 0) is 16.1 Å². The second kappa shape index (κ2) is 7.24. The van der Waals surface area contributed by atoms with Gasteiger partial charge in [0.15, 0.2) is 5.88 Å². The Bertz CT molecular complexity index is 1440. The van der Waals surface area contributed by atoms with E-state index in [1.165, 1.54) is 15.5 Å². The zero-order valence-corrected chi connectivity index (χ0v) is 17.0. The van der Waals surface area contributed by atoms with Gasteiger partial charge in [-0.2, -0.15) is 0 Å². The van der Waals surface area contributed by atoms with E-state index in [9.17, 15) is 19.5 Å². The van der Waals surface area contributed by atoms with Crippen molar-refractivity contribution in [1.29, 1.82) is 0 Å². The molecule has 1 atom stereocenters. The van der Waals surface area contributed by atoms with Crippen LogP contribution >= 0.6 is 11.6 Å². The maximum atomic E-state index is 12.8. The van der Waals surface area contributed by atoms with Gasteiger partial charge in [-0.05, 0) is 42.3 Å². The lowest BCUT2D eigenvalue weighted by molar-refractivity contribution is -0.135. The molecule has 0 bridgehead atoms. The molecule has 1 saturated heterocycles. The van der Waals surface area contributed by atoms with Gasteiger partial charge in [-0.25, -0.2) is 4.98 Å². The molecule has 2 amide bonds. The highest BCUT2D eigenvalue weighted by Gasteiger charge is 2.30. The fraction of sp³-hybridized carbons (Fsp3) is 0.182. The van der Waals surface area contributed by atoms with Gasteiger partial charge in [0.25, 0.3) is 5.56 Å². The summed E-state index contributed by atoms with van der Waals surface area (Å²) in [5.74, 6) is -0.773. The number of aromatic hydroxyl groups is 1. The predicted molar refractivity (Wildman–Crippen MR) is 115 cm³/mol. The normalized spacial score (nSPS) is 16.7. The quantitative estimate of drug-likeness (QED) is 0.480. The van der Waals surface area contributed by atoms with Crippen LogP contribution in [0.3, 0.4) is 0 Å². The summed E-state index contributed by atoms with van der Waals surface area (Å²) in [7, 11) is 0. The van der Waals surface area contributed by atoms with Gasteiger partial charge in [-0.15, -0.1) is 0 Å². The molecule has 2 aromatic heterocycles. The van der Waals surface area contributed by atoms with Crippen LogP contribution in [0, 0.1) is 0 Å². The first-order valence-electron chi connectivity index (χ1n) is 9.71. The summed E-state index contributed by atoms with van der Waals surface area (Å²) in [5, 5.41) is 15.1. The molecule has 8 nitrogen and oxygen atoms in total. The minimum Gasteiger partial charge on any atom is -0.494 e. The number of piperidine rings is 1. The smallest absolute Gasteiger partial charge is 0.261 e. The number of benzene rings is 2. The molecule has 1 fully saturated rings. The van der Waals surface area contributed by atoms with E-state index in [0.717, 1.165) is 10.9 Å². The topological polar surface area (TPSA) is 106 Å². The summed E-state index contributed by atoms with van der Waals surface area (Å²) < 4.78 is 2.98. The molecule has 1 unspecified atom stereocenters. The Hall–Kier alpha value is -3.65. The Balaban J connectivity index is 1.50. The first kappa shape index (κ1) is 19.3. The van der Waals surface area contributed by atoms with Crippen LogP contribution in [0.4, 0.5) is 0 Å². The van der Waals surface area contributed by atoms with Crippen molar-refractivity contribution in [1.82, 2.24) is 19.4 Å². The molecule has 5 rings (SSSR count). The first-order chi connectivity index (χ1) is 14.9. The van der Waals surface area contributed by atoms with Crippen molar-refractivity contribution in [3.63, 3.8) is 0 Å². The van der Waals surface area contributed by atoms with Crippen LogP contribution in [0.25, 0.3) is 21.7 Å². The van der Waals surface area contributed by atoms with Gasteiger partial charge in [0, 0.05) is 28.4 Å². The van der Waals surface area contributed by atoms with Crippen molar-refractivity contribution in [3.8, 4) is 5.88 Å². The molecular formula is C22H17ClN4O4. The molecule has 0 radical (unpaired) electrons. The van der Waals surface area contributed by atoms with Gasteiger partial charge in [0.2, 0.25) is 11.8 Å². The van der Waals surface area contributed by atoms with Gasteiger partial charge in [-0.1, -0.05) is 17.7 Å². The largest absolute Gasteiger partial charge is 0.494 e. The van der Waals surface area contributed by atoms with Crippen molar-refractivity contribution < 1.29 is 14.7 Å². The fourth-order valence-corrected chi connectivity index (χ4v) is 4.17. The maximum absolute atomic E-state index is 12.8. The van der Waals surface area contributed by atoms with E-state index >= 15 is 0 Å². The number of carbonyl (C=O) groups is 2. The number of aromatic nitrogens is 3. The molecule has 2 aromatic carbocycles. The summed E-state index contributed by atoms with van der Waals surface area (Å²) in [6.45, 7) is 0.286. The molecule has 156 valence electrons. The Morgan fingerprint density at radius 3 is 2.77 bits per heavy atom. The number of nitrogens with zero attached hydrogens (tertiary/aromatic N) is 3. The molecule has 0 saturated carbocycles. The first-order valence-corrected chi connectivity index (χ1v) is 10.1. The Morgan fingerprint density at radius 2 is 1.97 bits per heavy atom. The lowest BCUT2D eigenvalue weighted by atomic mass is 10.1. The average Bonchev–Trinajstić information content (AvgIpc) is 3.06. The van der Waals surface area contributed by atoms with E-state index in [1.54, 1.807) is 30.5 Å². The van der Waals surface area contributed by atoms with E-state index in [0.29, 0.717) is 27.7 Å². The molecule has 2 N–H and O–H groups in total. The second-order valence-corrected chi connectivity index (χ2v) is 8.02. The molecule has 0 aliphatic carbocycles. The number of hydrogen-bond acceptors (Lipinski definition) is 5. The highest BCUT2D eigenvalue weighted by atomic mass is 35.5. The van der Waals surface area contributed by atoms with Crippen LogP contribution in [0.5, 0.6) is 5.88 Å². The van der Waals surface area contributed by atoms with Crippen molar-refractivity contribution in [3.05, 3.63) is 69.9 Å². The fourth-order valence-electron chi connectivity index (χ4n) is 4.00. The van der Waals surface area contributed by atoms with E-state index in [-0.39, 0.29) is 30.3 Å². The second-order valence-electron chi connectivity index (χ2n) is 7.59. The molecule has 0 spiro atoms. The highest BCUT2D eigenvalue weighted by Crippen LogP contribution is 2.33. The van der Waals surface area contributed by atoms with Crippen LogP contribution in [-0.4, -0.2) is 31.0 Å². The molecule has 1 aliphatic heterocycles. The number of hydrogen-bond donors (Lipinski definition) is 2. The van der Waals surface area contributed by atoms with Crippen LogP contribution in [0.1, 0.15) is 24.4 Å². The van der Waals surface area contributed by atoms with E-state index in [2.05, 4.69) is 10.3 Å². The number of carbonyl (C=O) groups excluding carboxylic acids is 2. The number of imide groups is 1. The Labute approximate surface area is 180 Å². The van der Waals surface area contributed by atoms with E-state index in [1.807, 2.05) is 12.1 Å². The minimum atomic E-state index is -0.648. The van der Waals surface area contributed by atoms with Crippen molar-refractivity contribution in [2.75, 3.05) is 0 Å². The zero-order valence-electron chi connectivity index (χ0n) is 16.2. The molecule has 3 heterocycles. The van der Waals surface area contributed by atoms with Gasteiger partial charge in [0.1, 0.15) is 6.04 Å². The van der Waals surface area contributed by atoms with Gasteiger partial charge in [-0.3, -0.25) is 24.3 Å². The maximum Gasteiger partial charge on any atom is 0.261 e. The third kappa shape index (κ3) is 3.34. The highest BCUT2D eigenvalue weighted by molar-refractivity contribution is 6.31. The number of halogens is 1. The zero-order chi connectivity index (χ0) is 21.7. The van der Waals surface area contributed by atoms with Crippen molar-refractivity contribution >= 4 is 45.1 Å². The van der Waals surface area contributed by atoms with Crippen molar-refractivity contribution in [2.45, 2.75) is 25.4 Å². The lowest BCUT2D eigenvalue weighted by Gasteiger charge is -2.22. The summed E-state index contributed by atoms with van der Waals surface area (Å²) in [6.07, 6.45) is 3.73. The summed E-state index contributed by atoms with van der Waals surface area (Å²) in [5.41, 5.74) is 1.21. The number of nitrogens with one attached hydrogen (secondary N) is 1. The third-order valence-electron chi connectivity index (χ3n) is 5.56. The summed E-state index contributed by atoms with van der Waals surface area (Å²) in [6, 6.07) is 9.76. The average molecular weight is 437 g/mol. The predicted octanol–water partition coefficient (Wildman–Crippen LogP) is 2.74. The van der Waals surface area contributed by atoms with E-state index in [4.69, 9.17) is 11.6 Å². The molecule has 1 aliphatic rings. The van der Waals surface area contributed by atoms with Crippen molar-refractivity contribution in [2.24, 2.45) is 0 Å². The van der Waals surface area contributed by atoms with E-state index < -0.39 is 11.9 Å². The summed E-state index contributed by atoms with van der Waals surface area (Å²) >= 11 is 6.02. The monoisotopic (exact) mass is 436 g/mol. The molecular weight excluding hydrogens is 420 g/mol. The van der Waals surface area contributed by atoms with Gasteiger partial charge in [0.05, 0.1) is 23.8 Å². The molecule has 4 aromatic rings. The third-order valence-corrected chi connectivity index (χ3v) is 5.80. The van der Waals surface area contributed by atoms with Crippen LogP contribution in [0.2, 0.25) is 5.02 Å². The Kier molecular flexibility index (Phi) is 4.51. The summed E-state index contributed by atoms with van der Waals surface area (Å²) in [4.78, 5) is 40.8. The number of amides is 2. The van der Waals surface area contributed by atoms with Crippen LogP contribution < -0.4 is 10.9 Å². The minimum absolute atomic E-state index is 0.0322. The number of rotatable bonds is 3.